The van der Waals surface area contributed by atoms with Crippen LogP contribution in [0.4, 0.5) is 5.82 Å². The molecule has 0 bridgehead atoms. The predicted octanol–water partition coefficient (Wildman–Crippen LogP) is 2.32. The highest BCUT2D eigenvalue weighted by Gasteiger charge is 2.19. The summed E-state index contributed by atoms with van der Waals surface area (Å²) in [5, 5.41) is 2.15. The molecule has 1 fully saturated rings. The largest absolute Gasteiger partial charge is 0.354 e. The second-order valence-corrected chi connectivity index (χ2v) is 5.88. The second-order valence-electron chi connectivity index (χ2n) is 5.00. The van der Waals surface area contributed by atoms with E-state index in [0.717, 1.165) is 30.8 Å². The number of rotatable bonds is 1. The fourth-order valence-corrected chi connectivity index (χ4v) is 3.57. The Morgan fingerprint density at radius 2 is 2.28 bits per heavy atom. The van der Waals surface area contributed by atoms with E-state index < -0.39 is 0 Å². The summed E-state index contributed by atoms with van der Waals surface area (Å²) in [6.07, 6.45) is 5.21. The Labute approximate surface area is 111 Å². The highest BCUT2D eigenvalue weighted by atomic mass is 32.1. The van der Waals surface area contributed by atoms with Crippen molar-refractivity contribution in [3.8, 4) is 0 Å². The van der Waals surface area contributed by atoms with Gasteiger partial charge in [-0.15, -0.1) is 11.3 Å². The molecule has 4 nitrogen and oxygen atoms in total. The number of hydrogen-bond acceptors (Lipinski definition) is 5. The molecule has 3 heterocycles. The third-order valence-corrected chi connectivity index (χ3v) is 4.60. The van der Waals surface area contributed by atoms with Gasteiger partial charge in [0, 0.05) is 19.1 Å². The Balaban J connectivity index is 2.02. The number of fused-ring (bicyclic) bond motifs is 1. The van der Waals surface area contributed by atoms with Crippen LogP contribution in [0.1, 0.15) is 24.8 Å². The van der Waals surface area contributed by atoms with Crippen molar-refractivity contribution in [1.29, 1.82) is 0 Å². The predicted molar refractivity (Wildman–Crippen MR) is 76.2 cm³/mol. The summed E-state index contributed by atoms with van der Waals surface area (Å²) in [6.45, 7) is 4.06. The van der Waals surface area contributed by atoms with Crippen molar-refractivity contribution in [1.82, 2.24) is 9.97 Å². The smallest absolute Gasteiger partial charge is 0.150 e. The minimum absolute atomic E-state index is 0.263. The number of aromatic nitrogens is 2. The van der Waals surface area contributed by atoms with Crippen LogP contribution in [0.25, 0.3) is 10.2 Å². The van der Waals surface area contributed by atoms with Crippen LogP contribution in [-0.4, -0.2) is 29.1 Å². The van der Waals surface area contributed by atoms with Gasteiger partial charge in [-0.05, 0) is 30.7 Å². The second kappa shape index (κ2) is 4.82. The van der Waals surface area contributed by atoms with Gasteiger partial charge in [0.1, 0.15) is 12.1 Å². The summed E-state index contributed by atoms with van der Waals surface area (Å²) < 4.78 is 1.20. The minimum Gasteiger partial charge on any atom is -0.354 e. The molecule has 2 aromatic rings. The Morgan fingerprint density at radius 1 is 1.39 bits per heavy atom. The maximum Gasteiger partial charge on any atom is 0.150 e. The lowest BCUT2D eigenvalue weighted by molar-refractivity contribution is 0.620. The van der Waals surface area contributed by atoms with E-state index in [1.165, 1.54) is 23.1 Å². The Morgan fingerprint density at radius 3 is 3.17 bits per heavy atom. The Kier molecular flexibility index (Phi) is 3.18. The van der Waals surface area contributed by atoms with Crippen LogP contribution in [0.2, 0.25) is 0 Å². The van der Waals surface area contributed by atoms with E-state index in [9.17, 15) is 0 Å². The maximum atomic E-state index is 6.13. The molecule has 5 heteroatoms. The van der Waals surface area contributed by atoms with Gasteiger partial charge in [-0.3, -0.25) is 0 Å². The number of hydrogen-bond donors (Lipinski definition) is 1. The summed E-state index contributed by atoms with van der Waals surface area (Å²) in [7, 11) is 0. The number of nitrogens with zero attached hydrogens (tertiary/aromatic N) is 3. The van der Waals surface area contributed by atoms with E-state index in [-0.39, 0.29) is 6.04 Å². The van der Waals surface area contributed by atoms with E-state index in [4.69, 9.17) is 5.73 Å². The molecule has 0 unspecified atom stereocenters. The lowest BCUT2D eigenvalue weighted by atomic mass is 10.2. The first-order valence-corrected chi connectivity index (χ1v) is 7.33. The van der Waals surface area contributed by atoms with Crippen LogP contribution in [-0.2, 0) is 0 Å². The molecule has 18 heavy (non-hydrogen) atoms. The molecule has 0 saturated carbocycles. The molecular formula is C13H18N4S. The number of aryl methyl sites for hydroxylation is 1. The van der Waals surface area contributed by atoms with Crippen molar-refractivity contribution < 1.29 is 0 Å². The van der Waals surface area contributed by atoms with Gasteiger partial charge < -0.3 is 10.6 Å². The molecule has 2 aromatic heterocycles. The standard InChI is InChI=1S/C13H18N4S/c1-9-7-18-12-11(9)15-8-16-13(12)17-5-3-2-4-10(14)6-17/h7-8,10H,2-6,14H2,1H3/t10-/m0/s1. The Hall–Kier alpha value is -1.20. The highest BCUT2D eigenvalue weighted by molar-refractivity contribution is 7.18. The number of anilines is 1. The normalized spacial score (nSPS) is 21.2. The average Bonchev–Trinajstić information content (AvgIpc) is 2.61. The zero-order valence-electron chi connectivity index (χ0n) is 10.6. The van der Waals surface area contributed by atoms with Gasteiger partial charge in [0.05, 0.1) is 10.2 Å². The van der Waals surface area contributed by atoms with Gasteiger partial charge in [-0.1, -0.05) is 6.42 Å². The Bertz CT molecular complexity index is 551. The van der Waals surface area contributed by atoms with Crippen LogP contribution >= 0.6 is 11.3 Å². The van der Waals surface area contributed by atoms with Gasteiger partial charge >= 0.3 is 0 Å². The molecule has 1 saturated heterocycles. The fraction of sp³-hybridized carbons (Fsp3) is 0.538. The number of nitrogens with two attached hydrogens (primary N) is 1. The molecule has 96 valence electrons. The molecule has 0 spiro atoms. The topological polar surface area (TPSA) is 55.0 Å². The van der Waals surface area contributed by atoms with Crippen LogP contribution < -0.4 is 10.6 Å². The average molecular weight is 262 g/mol. The maximum absolute atomic E-state index is 6.13. The van der Waals surface area contributed by atoms with Crippen LogP contribution in [0.5, 0.6) is 0 Å². The molecule has 0 radical (unpaired) electrons. The molecule has 3 rings (SSSR count). The molecule has 2 N–H and O–H groups in total. The van der Waals surface area contributed by atoms with Crippen LogP contribution in [0.15, 0.2) is 11.7 Å². The summed E-state index contributed by atoms with van der Waals surface area (Å²) in [5.74, 6) is 1.07. The summed E-state index contributed by atoms with van der Waals surface area (Å²) in [4.78, 5) is 11.2. The van der Waals surface area contributed by atoms with Gasteiger partial charge in [-0.25, -0.2) is 9.97 Å². The van der Waals surface area contributed by atoms with Gasteiger partial charge in [0.2, 0.25) is 0 Å². The third kappa shape index (κ3) is 2.08. The molecule has 1 aliphatic rings. The first-order chi connectivity index (χ1) is 8.75. The van der Waals surface area contributed by atoms with Crippen LogP contribution in [0, 0.1) is 6.92 Å². The summed E-state index contributed by atoms with van der Waals surface area (Å²) in [5.41, 5.74) is 8.45. The summed E-state index contributed by atoms with van der Waals surface area (Å²) in [6, 6.07) is 0.263. The monoisotopic (exact) mass is 262 g/mol. The molecule has 1 aliphatic heterocycles. The molecule has 0 amide bonds. The molecular weight excluding hydrogens is 244 g/mol. The van der Waals surface area contributed by atoms with Crippen LogP contribution in [0.3, 0.4) is 0 Å². The van der Waals surface area contributed by atoms with E-state index >= 15 is 0 Å². The van der Waals surface area contributed by atoms with E-state index in [1.807, 2.05) is 0 Å². The quantitative estimate of drug-likeness (QED) is 0.857. The first kappa shape index (κ1) is 11.9. The van der Waals surface area contributed by atoms with Crippen molar-refractivity contribution >= 4 is 27.4 Å². The molecule has 1 atom stereocenters. The van der Waals surface area contributed by atoms with E-state index in [1.54, 1.807) is 17.7 Å². The highest BCUT2D eigenvalue weighted by Crippen LogP contribution is 2.31. The zero-order chi connectivity index (χ0) is 12.5. The summed E-state index contributed by atoms with van der Waals surface area (Å²) >= 11 is 1.73. The lowest BCUT2D eigenvalue weighted by Gasteiger charge is -2.23. The van der Waals surface area contributed by atoms with Gasteiger partial charge in [-0.2, -0.15) is 0 Å². The minimum atomic E-state index is 0.263. The fourth-order valence-electron chi connectivity index (χ4n) is 2.55. The van der Waals surface area contributed by atoms with Gasteiger partial charge in [0.25, 0.3) is 0 Å². The molecule has 0 aliphatic carbocycles. The van der Waals surface area contributed by atoms with Crippen molar-refractivity contribution in [3.05, 3.63) is 17.3 Å². The zero-order valence-corrected chi connectivity index (χ0v) is 11.4. The van der Waals surface area contributed by atoms with Crippen molar-refractivity contribution in [2.45, 2.75) is 32.2 Å². The lowest BCUT2D eigenvalue weighted by Crippen LogP contribution is -2.36. The first-order valence-electron chi connectivity index (χ1n) is 6.45. The third-order valence-electron chi connectivity index (χ3n) is 3.52. The number of thiophene rings is 1. The SMILES string of the molecule is Cc1csc2c(N3CCCC[C@H](N)C3)ncnc12. The van der Waals surface area contributed by atoms with Crippen molar-refractivity contribution in [3.63, 3.8) is 0 Å². The van der Waals surface area contributed by atoms with Crippen molar-refractivity contribution in [2.75, 3.05) is 18.0 Å². The molecule has 0 aromatic carbocycles. The van der Waals surface area contributed by atoms with Gasteiger partial charge in [0.15, 0.2) is 0 Å². The van der Waals surface area contributed by atoms with E-state index in [0.29, 0.717) is 0 Å². The van der Waals surface area contributed by atoms with Crippen molar-refractivity contribution in [2.24, 2.45) is 5.73 Å². The van der Waals surface area contributed by atoms with E-state index in [2.05, 4.69) is 27.2 Å².